The van der Waals surface area contributed by atoms with Crippen LogP contribution in [0, 0.1) is 5.92 Å². The highest BCUT2D eigenvalue weighted by Gasteiger charge is 2.27. The van der Waals surface area contributed by atoms with Gasteiger partial charge >= 0.3 is 5.88 Å². The molecule has 1 aliphatic heterocycles. The van der Waals surface area contributed by atoms with Crippen molar-refractivity contribution in [2.45, 2.75) is 32.1 Å². The second-order valence-corrected chi connectivity index (χ2v) is 6.07. The molecule has 0 spiro atoms. The van der Waals surface area contributed by atoms with Gasteiger partial charge in [-0.25, -0.2) is 0 Å². The monoisotopic (exact) mass is 294 g/mol. The highest BCUT2D eigenvalue weighted by molar-refractivity contribution is 5.91. The maximum atomic E-state index is 12.2. The summed E-state index contributed by atoms with van der Waals surface area (Å²) in [6.07, 6.45) is 7.27. The summed E-state index contributed by atoms with van der Waals surface area (Å²) < 4.78 is 5.23. The molecule has 2 aliphatic rings. The summed E-state index contributed by atoms with van der Waals surface area (Å²) in [6, 6.07) is 0. The number of hydrogen-bond acceptors (Lipinski definition) is 5. The zero-order chi connectivity index (χ0) is 14.7. The van der Waals surface area contributed by atoms with E-state index in [0.717, 1.165) is 51.9 Å². The first-order valence-electron chi connectivity index (χ1n) is 7.85. The molecule has 7 heteroatoms. The molecule has 0 bridgehead atoms. The van der Waals surface area contributed by atoms with Crippen molar-refractivity contribution in [3.8, 4) is 0 Å². The van der Waals surface area contributed by atoms with Crippen LogP contribution in [0.1, 0.15) is 32.1 Å². The average Bonchev–Trinajstić information content (AvgIpc) is 2.97. The van der Waals surface area contributed by atoms with E-state index in [1.807, 2.05) is 0 Å². The molecule has 7 nitrogen and oxygen atoms in total. The zero-order valence-electron chi connectivity index (χ0n) is 12.6. The molecule has 3 rings (SSSR count). The zero-order valence-corrected chi connectivity index (χ0v) is 12.6. The van der Waals surface area contributed by atoms with E-state index in [4.69, 9.17) is 4.52 Å². The number of nitrogens with one attached hydrogen (secondary N) is 1. The topological polar surface area (TPSA) is 65.5 Å². The van der Waals surface area contributed by atoms with Gasteiger partial charge in [0.2, 0.25) is 11.2 Å². The maximum absolute atomic E-state index is 12.2. The van der Waals surface area contributed by atoms with Crippen molar-refractivity contribution in [2.75, 3.05) is 43.6 Å². The fourth-order valence-electron chi connectivity index (χ4n) is 3.02. The molecule has 1 aromatic heterocycles. The minimum absolute atomic E-state index is 0.0661. The van der Waals surface area contributed by atoms with Gasteiger partial charge in [0, 0.05) is 19.0 Å². The fraction of sp³-hybridized carbons (Fsp3) is 0.786. The number of piperazine rings is 1. The van der Waals surface area contributed by atoms with Crippen molar-refractivity contribution in [3.05, 3.63) is 6.20 Å². The number of likely N-dealkylation sites (N-methyl/N-ethyl adjacent to an activating group) is 1. The number of carbonyl (C=O) groups excluding carboxylic acids is 1. The number of aromatic nitrogens is 2. The van der Waals surface area contributed by atoms with Crippen LogP contribution in [-0.2, 0) is 4.79 Å². The lowest BCUT2D eigenvalue weighted by molar-refractivity contribution is -0.759. The molecule has 2 heterocycles. The van der Waals surface area contributed by atoms with Crippen LogP contribution in [0.15, 0.2) is 10.7 Å². The van der Waals surface area contributed by atoms with Crippen LogP contribution in [0.3, 0.4) is 0 Å². The number of carbonyl (C=O) groups is 1. The molecule has 0 atom stereocenters. The SMILES string of the molecule is CN1CCN([n+]2cc(NC(=O)C3CCCCC3)on2)CC1. The van der Waals surface area contributed by atoms with E-state index in [9.17, 15) is 4.79 Å². The standard InChI is InChI=1S/C14H23N5O2/c1-17-7-9-18(10-8-17)19-11-13(21-16-19)15-14(20)12-5-3-2-4-6-12/h11-12H,2-10H2,1H3/p+1. The molecule has 1 saturated heterocycles. The lowest BCUT2D eigenvalue weighted by Gasteiger charge is -2.26. The summed E-state index contributed by atoms with van der Waals surface area (Å²) in [5.74, 6) is 0.627. The summed E-state index contributed by atoms with van der Waals surface area (Å²) in [4.78, 5) is 16.1. The molecule has 116 valence electrons. The van der Waals surface area contributed by atoms with E-state index < -0.39 is 0 Å². The molecular weight excluding hydrogens is 270 g/mol. The van der Waals surface area contributed by atoms with Crippen LogP contribution in [0.5, 0.6) is 0 Å². The van der Waals surface area contributed by atoms with Gasteiger partial charge in [-0.1, -0.05) is 19.3 Å². The Labute approximate surface area is 124 Å². The van der Waals surface area contributed by atoms with Crippen LogP contribution < -0.4 is 15.1 Å². The highest BCUT2D eigenvalue weighted by Crippen LogP contribution is 2.24. The van der Waals surface area contributed by atoms with E-state index in [1.54, 1.807) is 11.0 Å². The lowest BCUT2D eigenvalue weighted by Crippen LogP contribution is -2.64. The number of amides is 1. The first-order chi connectivity index (χ1) is 10.2. The summed E-state index contributed by atoms with van der Waals surface area (Å²) in [5.41, 5.74) is 0. The predicted octanol–water partition coefficient (Wildman–Crippen LogP) is 0.364. The van der Waals surface area contributed by atoms with Crippen molar-refractivity contribution in [3.63, 3.8) is 0 Å². The molecular formula is C14H24N5O2+. The molecule has 21 heavy (non-hydrogen) atoms. The van der Waals surface area contributed by atoms with E-state index in [2.05, 4.69) is 27.5 Å². The number of nitrogens with zero attached hydrogens (tertiary/aromatic N) is 4. The fourth-order valence-corrected chi connectivity index (χ4v) is 3.02. The molecule has 2 fully saturated rings. The first-order valence-corrected chi connectivity index (χ1v) is 7.85. The number of hydrogen-bond donors (Lipinski definition) is 1. The van der Waals surface area contributed by atoms with Crippen LogP contribution >= 0.6 is 0 Å². The Morgan fingerprint density at radius 3 is 2.71 bits per heavy atom. The van der Waals surface area contributed by atoms with Crippen LogP contribution in [0.4, 0.5) is 5.88 Å². The second kappa shape index (κ2) is 6.43. The predicted molar refractivity (Wildman–Crippen MR) is 77.4 cm³/mol. The maximum Gasteiger partial charge on any atom is 0.305 e. The molecule has 0 radical (unpaired) electrons. The molecule has 1 aliphatic carbocycles. The Balaban J connectivity index is 1.56. The number of anilines is 1. The Hall–Kier alpha value is -1.63. The van der Waals surface area contributed by atoms with Crippen LogP contribution in [-0.4, -0.2) is 49.3 Å². The smallest absolute Gasteiger partial charge is 0.302 e. The van der Waals surface area contributed by atoms with Crippen LogP contribution in [0.2, 0.25) is 0 Å². The quantitative estimate of drug-likeness (QED) is 0.816. The van der Waals surface area contributed by atoms with Gasteiger partial charge in [0.15, 0.2) is 0 Å². The summed E-state index contributed by atoms with van der Waals surface area (Å²) in [6.45, 7) is 3.82. The average molecular weight is 294 g/mol. The molecule has 1 saturated carbocycles. The third-order valence-corrected chi connectivity index (χ3v) is 4.45. The lowest BCUT2D eigenvalue weighted by atomic mass is 9.89. The molecule has 1 amide bonds. The van der Waals surface area contributed by atoms with Crippen molar-refractivity contribution in [1.29, 1.82) is 0 Å². The van der Waals surface area contributed by atoms with Gasteiger partial charge in [0.25, 0.3) is 6.20 Å². The van der Waals surface area contributed by atoms with Gasteiger partial charge in [0.1, 0.15) is 0 Å². The van der Waals surface area contributed by atoms with Crippen LogP contribution in [0.25, 0.3) is 0 Å². The first kappa shape index (κ1) is 14.3. The minimum Gasteiger partial charge on any atom is -0.302 e. The summed E-state index contributed by atoms with van der Waals surface area (Å²) >= 11 is 0. The Kier molecular flexibility index (Phi) is 4.38. The van der Waals surface area contributed by atoms with E-state index >= 15 is 0 Å². The third-order valence-electron chi connectivity index (χ3n) is 4.45. The van der Waals surface area contributed by atoms with Gasteiger partial charge in [-0.3, -0.25) is 14.6 Å². The summed E-state index contributed by atoms with van der Waals surface area (Å²) in [7, 11) is 2.11. The van der Waals surface area contributed by atoms with E-state index in [0.29, 0.717) is 5.88 Å². The highest BCUT2D eigenvalue weighted by atomic mass is 16.5. The number of rotatable bonds is 3. The van der Waals surface area contributed by atoms with Crippen molar-refractivity contribution < 1.29 is 14.1 Å². The van der Waals surface area contributed by atoms with Gasteiger partial charge in [-0.05, 0) is 19.9 Å². The normalized spacial score (nSPS) is 21.5. The van der Waals surface area contributed by atoms with Gasteiger partial charge in [-0.15, -0.1) is 0 Å². The van der Waals surface area contributed by atoms with Crippen molar-refractivity contribution in [2.24, 2.45) is 5.92 Å². The molecule has 1 aromatic rings. The Morgan fingerprint density at radius 2 is 2.00 bits per heavy atom. The van der Waals surface area contributed by atoms with E-state index in [1.165, 1.54) is 6.42 Å². The van der Waals surface area contributed by atoms with Crippen molar-refractivity contribution >= 4 is 11.8 Å². The minimum atomic E-state index is 0.0661. The van der Waals surface area contributed by atoms with Gasteiger partial charge in [0.05, 0.1) is 17.9 Å². The molecule has 0 aromatic carbocycles. The van der Waals surface area contributed by atoms with Crippen molar-refractivity contribution in [1.82, 2.24) is 10.2 Å². The largest absolute Gasteiger partial charge is 0.305 e. The Bertz CT molecular complexity index is 475. The summed E-state index contributed by atoms with van der Waals surface area (Å²) in [5, 5.41) is 8.96. The second-order valence-electron chi connectivity index (χ2n) is 6.07. The van der Waals surface area contributed by atoms with E-state index in [-0.39, 0.29) is 11.8 Å². The third kappa shape index (κ3) is 3.53. The van der Waals surface area contributed by atoms with Gasteiger partial charge in [-0.2, -0.15) is 5.01 Å². The van der Waals surface area contributed by atoms with Gasteiger partial charge < -0.3 is 4.90 Å². The molecule has 1 N–H and O–H groups in total. The Morgan fingerprint density at radius 1 is 1.29 bits per heavy atom. The molecule has 0 unspecified atom stereocenters.